The largest absolute Gasteiger partial charge is 0.466 e. The third-order valence-corrected chi connectivity index (χ3v) is 5.36. The molecule has 136 valence electrons. The third kappa shape index (κ3) is 4.40. The summed E-state index contributed by atoms with van der Waals surface area (Å²) in [4.78, 5) is 26.6. The normalized spacial score (nSPS) is 26.5. The lowest BCUT2D eigenvalue weighted by molar-refractivity contribution is -0.151. The minimum absolute atomic E-state index is 0.0566. The van der Waals surface area contributed by atoms with Crippen molar-refractivity contribution in [1.82, 2.24) is 15.8 Å². The molecule has 2 aliphatic rings. The molecule has 2 heterocycles. The van der Waals surface area contributed by atoms with E-state index in [9.17, 15) is 9.59 Å². The van der Waals surface area contributed by atoms with E-state index in [1.165, 1.54) is 0 Å². The molecule has 0 spiro atoms. The first-order valence-electron chi connectivity index (χ1n) is 8.80. The Morgan fingerprint density at radius 2 is 2.04 bits per heavy atom. The number of hydrazine groups is 1. The maximum atomic E-state index is 12.8. The molecular weight excluding hydrogens is 386 g/mol. The quantitative estimate of drug-likeness (QED) is 0.745. The van der Waals surface area contributed by atoms with Gasteiger partial charge in [0.15, 0.2) is 0 Å². The van der Waals surface area contributed by atoms with Crippen LogP contribution in [-0.4, -0.2) is 42.5 Å². The summed E-state index contributed by atoms with van der Waals surface area (Å²) in [5, 5.41) is 0. The molecule has 3 unspecified atom stereocenters. The number of carbonyl (C=O) groups excluding carboxylic acids is 2. The number of benzene rings is 1. The summed E-state index contributed by atoms with van der Waals surface area (Å²) in [5.41, 5.74) is 7.48. The molecule has 2 saturated heterocycles. The van der Waals surface area contributed by atoms with Gasteiger partial charge in [-0.05, 0) is 43.9 Å². The van der Waals surface area contributed by atoms with E-state index in [0.717, 1.165) is 22.9 Å². The lowest BCUT2D eigenvalue weighted by Gasteiger charge is -2.33. The highest BCUT2D eigenvalue weighted by atomic mass is 79.9. The van der Waals surface area contributed by atoms with Crippen LogP contribution >= 0.6 is 15.9 Å². The van der Waals surface area contributed by atoms with Crippen molar-refractivity contribution in [2.45, 2.75) is 38.3 Å². The molecule has 25 heavy (non-hydrogen) atoms. The number of carbonyl (C=O) groups is 2. The lowest BCUT2D eigenvalue weighted by Crippen LogP contribution is -2.50. The number of amides is 1. The van der Waals surface area contributed by atoms with Gasteiger partial charge in [0.2, 0.25) is 5.91 Å². The zero-order chi connectivity index (χ0) is 17.8. The Bertz CT molecular complexity index is 622. The molecule has 0 bridgehead atoms. The predicted molar refractivity (Wildman–Crippen MR) is 97.5 cm³/mol. The molecule has 6 nitrogen and oxygen atoms in total. The van der Waals surface area contributed by atoms with Crippen LogP contribution in [0, 0.1) is 5.92 Å². The lowest BCUT2D eigenvalue weighted by atomic mass is 9.96. The van der Waals surface area contributed by atoms with Crippen molar-refractivity contribution in [1.29, 1.82) is 0 Å². The molecule has 2 N–H and O–H groups in total. The second kappa shape index (κ2) is 8.29. The van der Waals surface area contributed by atoms with E-state index >= 15 is 0 Å². The standard InChI is InChI=1S/C18H24BrN3O3/c1-2-25-18(24)13-4-3-9-22(11-13)17(23)16-10-15(20-21-16)12-5-7-14(19)8-6-12/h5-8,13,15-16,20-21H,2-4,9-11H2,1H3. The van der Waals surface area contributed by atoms with Crippen LogP contribution in [0.4, 0.5) is 0 Å². The number of hydrogen-bond acceptors (Lipinski definition) is 5. The van der Waals surface area contributed by atoms with Crippen molar-refractivity contribution in [2.75, 3.05) is 19.7 Å². The van der Waals surface area contributed by atoms with Crippen LogP contribution in [-0.2, 0) is 14.3 Å². The second-order valence-corrected chi connectivity index (χ2v) is 7.47. The Morgan fingerprint density at radius 3 is 2.76 bits per heavy atom. The Balaban J connectivity index is 1.58. The van der Waals surface area contributed by atoms with E-state index in [1.54, 1.807) is 11.8 Å². The van der Waals surface area contributed by atoms with Crippen molar-refractivity contribution < 1.29 is 14.3 Å². The fourth-order valence-electron chi connectivity index (χ4n) is 3.48. The number of nitrogens with one attached hydrogen (secondary N) is 2. The second-order valence-electron chi connectivity index (χ2n) is 6.56. The number of ether oxygens (including phenoxy) is 1. The molecule has 3 rings (SSSR count). The highest BCUT2D eigenvalue weighted by Crippen LogP contribution is 2.26. The molecule has 2 aliphatic heterocycles. The number of esters is 1. The molecule has 1 aromatic carbocycles. The van der Waals surface area contributed by atoms with Crippen molar-refractivity contribution >= 4 is 27.8 Å². The Kier molecular flexibility index (Phi) is 6.09. The van der Waals surface area contributed by atoms with Crippen LogP contribution in [0.25, 0.3) is 0 Å². The highest BCUT2D eigenvalue weighted by molar-refractivity contribution is 9.10. The first-order valence-corrected chi connectivity index (χ1v) is 9.59. The van der Waals surface area contributed by atoms with E-state index in [4.69, 9.17) is 4.74 Å². The van der Waals surface area contributed by atoms with Crippen molar-refractivity contribution in [3.8, 4) is 0 Å². The van der Waals surface area contributed by atoms with Gasteiger partial charge in [-0.3, -0.25) is 9.59 Å². The highest BCUT2D eigenvalue weighted by Gasteiger charge is 2.36. The van der Waals surface area contributed by atoms with Gasteiger partial charge in [0.25, 0.3) is 0 Å². The van der Waals surface area contributed by atoms with E-state index in [1.807, 2.05) is 24.3 Å². The van der Waals surface area contributed by atoms with Crippen molar-refractivity contribution in [3.63, 3.8) is 0 Å². The van der Waals surface area contributed by atoms with Crippen LogP contribution in [0.15, 0.2) is 28.7 Å². The van der Waals surface area contributed by atoms with Gasteiger partial charge in [0.1, 0.15) is 6.04 Å². The molecule has 0 aromatic heterocycles. The summed E-state index contributed by atoms with van der Waals surface area (Å²) in [7, 11) is 0. The van der Waals surface area contributed by atoms with E-state index < -0.39 is 0 Å². The fourth-order valence-corrected chi connectivity index (χ4v) is 3.75. The molecule has 2 fully saturated rings. The molecule has 7 heteroatoms. The minimum Gasteiger partial charge on any atom is -0.466 e. The van der Waals surface area contributed by atoms with E-state index in [0.29, 0.717) is 26.1 Å². The minimum atomic E-state index is -0.269. The van der Waals surface area contributed by atoms with Gasteiger partial charge >= 0.3 is 5.97 Å². The number of nitrogens with zero attached hydrogens (tertiary/aromatic N) is 1. The Hall–Kier alpha value is -1.44. The average Bonchev–Trinajstić information content (AvgIpc) is 3.12. The smallest absolute Gasteiger partial charge is 0.310 e. The van der Waals surface area contributed by atoms with Gasteiger partial charge in [-0.25, -0.2) is 10.9 Å². The first-order chi connectivity index (χ1) is 12.1. The summed E-state index contributed by atoms with van der Waals surface area (Å²) in [6, 6.07) is 7.94. The summed E-state index contributed by atoms with van der Waals surface area (Å²) >= 11 is 3.43. The average molecular weight is 410 g/mol. The van der Waals surface area contributed by atoms with Gasteiger partial charge in [-0.15, -0.1) is 0 Å². The summed E-state index contributed by atoms with van der Waals surface area (Å²) < 4.78 is 6.15. The Labute approximate surface area is 156 Å². The zero-order valence-corrected chi connectivity index (χ0v) is 15.9. The zero-order valence-electron chi connectivity index (χ0n) is 14.3. The van der Waals surface area contributed by atoms with Crippen LogP contribution in [0.3, 0.4) is 0 Å². The van der Waals surface area contributed by atoms with Gasteiger partial charge in [-0.2, -0.15) is 0 Å². The van der Waals surface area contributed by atoms with Crippen molar-refractivity contribution in [2.24, 2.45) is 5.92 Å². The van der Waals surface area contributed by atoms with Crippen LogP contribution in [0.2, 0.25) is 0 Å². The maximum absolute atomic E-state index is 12.8. The molecule has 1 aromatic rings. The summed E-state index contributed by atoms with van der Waals surface area (Å²) in [6.07, 6.45) is 2.33. The van der Waals surface area contributed by atoms with E-state index in [-0.39, 0.29) is 29.9 Å². The molecule has 0 saturated carbocycles. The predicted octanol–water partition coefficient (Wildman–Crippen LogP) is 2.16. The number of likely N-dealkylation sites (tertiary alicyclic amines) is 1. The SMILES string of the molecule is CCOC(=O)C1CCCN(C(=O)C2CC(c3ccc(Br)cc3)NN2)C1. The number of hydrogen-bond donors (Lipinski definition) is 2. The van der Waals surface area contributed by atoms with Gasteiger partial charge in [0.05, 0.1) is 12.5 Å². The fraction of sp³-hybridized carbons (Fsp3) is 0.556. The van der Waals surface area contributed by atoms with Gasteiger partial charge in [-0.1, -0.05) is 28.1 Å². The number of piperidine rings is 1. The van der Waals surface area contributed by atoms with E-state index in [2.05, 4.69) is 26.8 Å². The summed E-state index contributed by atoms with van der Waals surface area (Å²) in [6.45, 7) is 3.35. The maximum Gasteiger partial charge on any atom is 0.310 e. The van der Waals surface area contributed by atoms with Crippen LogP contribution in [0.1, 0.15) is 37.8 Å². The first kappa shape index (κ1) is 18.4. The molecule has 1 amide bonds. The number of rotatable bonds is 4. The number of halogens is 1. The molecular formula is C18H24BrN3O3. The van der Waals surface area contributed by atoms with Gasteiger partial charge in [0, 0.05) is 23.6 Å². The topological polar surface area (TPSA) is 70.7 Å². The summed E-state index contributed by atoms with van der Waals surface area (Å²) in [5.74, 6) is -0.333. The Morgan fingerprint density at radius 1 is 1.28 bits per heavy atom. The van der Waals surface area contributed by atoms with Crippen molar-refractivity contribution in [3.05, 3.63) is 34.3 Å². The van der Waals surface area contributed by atoms with Crippen LogP contribution in [0.5, 0.6) is 0 Å². The third-order valence-electron chi connectivity index (χ3n) is 4.83. The van der Waals surface area contributed by atoms with Gasteiger partial charge < -0.3 is 9.64 Å². The van der Waals surface area contributed by atoms with Crippen LogP contribution < -0.4 is 10.9 Å². The molecule has 0 radical (unpaired) electrons. The monoisotopic (exact) mass is 409 g/mol. The molecule has 0 aliphatic carbocycles. The molecule has 3 atom stereocenters.